The molecule has 0 aliphatic carbocycles. The molecule has 1 aromatic heterocycles. The molecule has 0 radical (unpaired) electrons. The second-order valence-electron chi connectivity index (χ2n) is 5.50. The molecule has 0 unspecified atom stereocenters. The number of aromatic nitrogens is 2. The predicted octanol–water partition coefficient (Wildman–Crippen LogP) is 3.86. The lowest BCUT2D eigenvalue weighted by molar-refractivity contribution is -0.667. The fraction of sp³-hybridized carbons (Fsp3) is 0.111. The molecule has 0 aliphatic heterocycles. The van der Waals surface area contributed by atoms with E-state index in [1.165, 1.54) is 0 Å². The minimum atomic E-state index is -0.0397. The first-order chi connectivity index (χ1) is 11.5. The van der Waals surface area contributed by atoms with Crippen LogP contribution in [0.3, 0.4) is 0 Å². The van der Waals surface area contributed by atoms with E-state index in [1.807, 2.05) is 42.1 Å². The van der Waals surface area contributed by atoms with E-state index < -0.39 is 0 Å². The van der Waals surface area contributed by atoms with Crippen molar-refractivity contribution in [3.63, 3.8) is 0 Å². The molecular formula is C18H16BrClN3O+. The molecule has 0 saturated heterocycles. The van der Waals surface area contributed by atoms with E-state index in [-0.39, 0.29) is 12.3 Å². The molecule has 24 heavy (non-hydrogen) atoms. The summed E-state index contributed by atoms with van der Waals surface area (Å²) in [4.78, 5) is 12.5. The Labute approximate surface area is 153 Å². The lowest BCUT2D eigenvalue weighted by atomic mass is 10.1. The minimum absolute atomic E-state index is 0.0397. The van der Waals surface area contributed by atoms with Gasteiger partial charge in [-0.2, -0.15) is 0 Å². The van der Waals surface area contributed by atoms with E-state index in [0.717, 1.165) is 15.7 Å². The number of carbonyl (C=O) groups excluding carboxylic acids is 1. The molecule has 0 aliphatic rings. The van der Waals surface area contributed by atoms with Gasteiger partial charge in [0.2, 0.25) is 0 Å². The van der Waals surface area contributed by atoms with Gasteiger partial charge in [0.15, 0.2) is 5.78 Å². The van der Waals surface area contributed by atoms with Gasteiger partial charge in [0, 0.05) is 20.6 Å². The summed E-state index contributed by atoms with van der Waals surface area (Å²) >= 11 is 9.38. The molecule has 1 heterocycles. The maximum Gasteiger partial charge on any atom is 0.355 e. The van der Waals surface area contributed by atoms with Gasteiger partial charge in [-0.15, -0.1) is 0 Å². The van der Waals surface area contributed by atoms with Crippen molar-refractivity contribution in [1.29, 1.82) is 0 Å². The summed E-state index contributed by atoms with van der Waals surface area (Å²) in [5, 5.41) is 0.544. The highest BCUT2D eigenvalue weighted by molar-refractivity contribution is 9.10. The number of carbonyl (C=O) groups is 1. The van der Waals surface area contributed by atoms with Crippen LogP contribution in [0.25, 0.3) is 11.3 Å². The van der Waals surface area contributed by atoms with Crippen LogP contribution in [-0.2, 0) is 13.6 Å². The van der Waals surface area contributed by atoms with Crippen molar-refractivity contribution in [1.82, 2.24) is 4.57 Å². The number of halogens is 2. The number of nitrogens with two attached hydrogens (primary N) is 1. The first-order valence-electron chi connectivity index (χ1n) is 7.35. The Morgan fingerprint density at radius 1 is 1.25 bits per heavy atom. The zero-order valence-electron chi connectivity index (χ0n) is 13.0. The van der Waals surface area contributed by atoms with Crippen LogP contribution in [0.2, 0.25) is 5.02 Å². The van der Waals surface area contributed by atoms with Gasteiger partial charge in [0.25, 0.3) is 0 Å². The lowest BCUT2D eigenvalue weighted by Gasteiger charge is -2.01. The Bertz CT molecular complexity index is 903. The van der Waals surface area contributed by atoms with Gasteiger partial charge in [-0.1, -0.05) is 51.8 Å². The monoisotopic (exact) mass is 404 g/mol. The first kappa shape index (κ1) is 16.7. The third kappa shape index (κ3) is 3.37. The van der Waals surface area contributed by atoms with Crippen LogP contribution in [0.5, 0.6) is 0 Å². The van der Waals surface area contributed by atoms with Gasteiger partial charge in [0.1, 0.15) is 18.4 Å². The molecule has 3 aromatic rings. The normalized spacial score (nSPS) is 10.8. The fourth-order valence-corrected chi connectivity index (χ4v) is 2.99. The summed E-state index contributed by atoms with van der Waals surface area (Å²) < 4.78 is 4.63. The Hall–Kier alpha value is -2.11. The van der Waals surface area contributed by atoms with Crippen molar-refractivity contribution < 1.29 is 9.36 Å². The number of hydrogen-bond acceptors (Lipinski definition) is 2. The zero-order valence-corrected chi connectivity index (χ0v) is 15.4. The standard InChI is InChI=1S/C18H15BrClN3O/c1-22-16(12-5-7-14(19)8-6-12)10-23(18(22)21)11-17(24)13-3-2-4-15(20)9-13/h2-10,21H,11H2,1H3/p+1. The Kier molecular flexibility index (Phi) is 4.73. The summed E-state index contributed by atoms with van der Waals surface area (Å²) in [5.74, 6) is 0.477. The number of ketones is 1. The summed E-state index contributed by atoms with van der Waals surface area (Å²) in [7, 11) is 1.88. The van der Waals surface area contributed by atoms with Crippen molar-refractivity contribution in [2.24, 2.45) is 7.05 Å². The molecule has 0 atom stereocenters. The van der Waals surface area contributed by atoms with Crippen molar-refractivity contribution in [3.8, 4) is 11.3 Å². The molecule has 0 bridgehead atoms. The molecule has 3 rings (SSSR count). The smallest absolute Gasteiger partial charge is 0.291 e. The quantitative estimate of drug-likeness (QED) is 0.529. The number of nitrogens with zero attached hydrogens (tertiary/aromatic N) is 2. The van der Waals surface area contributed by atoms with Crippen molar-refractivity contribution >= 4 is 39.3 Å². The van der Waals surface area contributed by atoms with E-state index in [1.54, 1.807) is 28.8 Å². The molecule has 2 aromatic carbocycles. The molecule has 122 valence electrons. The predicted molar refractivity (Wildman–Crippen MR) is 98.9 cm³/mol. The Balaban J connectivity index is 1.91. The molecule has 0 fully saturated rings. The van der Waals surface area contributed by atoms with Gasteiger partial charge in [-0.3, -0.25) is 10.5 Å². The Morgan fingerprint density at radius 3 is 2.62 bits per heavy atom. The number of Topliss-reactive ketones (excluding diaryl/α,β-unsaturated/α-hetero) is 1. The molecule has 4 nitrogen and oxygen atoms in total. The molecule has 0 saturated carbocycles. The highest BCUT2D eigenvalue weighted by Gasteiger charge is 2.20. The fourth-order valence-electron chi connectivity index (χ4n) is 2.54. The summed E-state index contributed by atoms with van der Waals surface area (Å²) in [6, 6.07) is 14.9. The SMILES string of the molecule is Cn1c(-c2ccc(Br)cc2)c[n+](CC(=O)c2cccc(Cl)c2)c1N. The minimum Gasteiger partial charge on any atom is -0.291 e. The van der Waals surface area contributed by atoms with Crippen LogP contribution in [0.4, 0.5) is 5.95 Å². The van der Waals surface area contributed by atoms with Crippen LogP contribution in [0.1, 0.15) is 10.4 Å². The average molecular weight is 406 g/mol. The van der Waals surface area contributed by atoms with Gasteiger partial charge < -0.3 is 0 Å². The second-order valence-corrected chi connectivity index (χ2v) is 6.85. The van der Waals surface area contributed by atoms with E-state index >= 15 is 0 Å². The zero-order chi connectivity index (χ0) is 17.3. The third-order valence-corrected chi connectivity index (χ3v) is 4.64. The van der Waals surface area contributed by atoms with Gasteiger partial charge in [0.05, 0.1) is 7.05 Å². The summed E-state index contributed by atoms with van der Waals surface area (Å²) in [6.45, 7) is 0.163. The highest BCUT2D eigenvalue weighted by atomic mass is 79.9. The highest BCUT2D eigenvalue weighted by Crippen LogP contribution is 2.22. The summed E-state index contributed by atoms with van der Waals surface area (Å²) in [5.41, 5.74) is 8.71. The van der Waals surface area contributed by atoms with E-state index in [2.05, 4.69) is 15.9 Å². The molecule has 2 N–H and O–H groups in total. The van der Waals surface area contributed by atoms with Crippen LogP contribution < -0.4 is 10.3 Å². The van der Waals surface area contributed by atoms with Crippen LogP contribution in [0.15, 0.2) is 59.2 Å². The van der Waals surface area contributed by atoms with Gasteiger partial charge >= 0.3 is 5.95 Å². The molecular weight excluding hydrogens is 390 g/mol. The number of nitrogen functional groups attached to an aromatic ring is 1. The van der Waals surface area contributed by atoms with Gasteiger partial charge in [-0.25, -0.2) is 9.13 Å². The van der Waals surface area contributed by atoms with Crippen LogP contribution in [0, 0.1) is 0 Å². The number of rotatable bonds is 4. The van der Waals surface area contributed by atoms with Crippen molar-refractivity contribution in [3.05, 3.63) is 69.8 Å². The van der Waals surface area contributed by atoms with E-state index in [9.17, 15) is 4.79 Å². The topological polar surface area (TPSA) is 51.9 Å². The van der Waals surface area contributed by atoms with Crippen molar-refractivity contribution in [2.75, 3.05) is 5.73 Å². The Morgan fingerprint density at radius 2 is 1.96 bits per heavy atom. The van der Waals surface area contributed by atoms with E-state index in [0.29, 0.717) is 16.5 Å². The second kappa shape index (κ2) is 6.79. The third-order valence-electron chi connectivity index (χ3n) is 3.88. The lowest BCUT2D eigenvalue weighted by Crippen LogP contribution is -2.39. The average Bonchev–Trinajstić information content (AvgIpc) is 2.84. The molecule has 0 amide bonds. The maximum atomic E-state index is 12.5. The molecule has 6 heteroatoms. The number of benzene rings is 2. The van der Waals surface area contributed by atoms with Gasteiger partial charge in [-0.05, 0) is 24.3 Å². The number of imidazole rings is 1. The number of hydrogen-bond donors (Lipinski definition) is 1. The largest absolute Gasteiger partial charge is 0.355 e. The first-order valence-corrected chi connectivity index (χ1v) is 8.52. The summed E-state index contributed by atoms with van der Waals surface area (Å²) in [6.07, 6.45) is 1.89. The maximum absolute atomic E-state index is 12.5. The van der Waals surface area contributed by atoms with E-state index in [4.69, 9.17) is 17.3 Å². The molecule has 0 spiro atoms. The van der Waals surface area contributed by atoms with Crippen LogP contribution >= 0.6 is 27.5 Å². The van der Waals surface area contributed by atoms with Crippen molar-refractivity contribution in [2.45, 2.75) is 6.54 Å². The van der Waals surface area contributed by atoms with Crippen LogP contribution in [-0.4, -0.2) is 10.4 Å². The number of anilines is 1.